The summed E-state index contributed by atoms with van der Waals surface area (Å²) >= 11 is 0. The van der Waals surface area contributed by atoms with Gasteiger partial charge < -0.3 is 48.5 Å². The fourth-order valence-corrected chi connectivity index (χ4v) is 7.80. The molecule has 0 saturated heterocycles. The minimum Gasteiger partial charge on any atom is -0.493 e. The van der Waals surface area contributed by atoms with Gasteiger partial charge in [0, 0.05) is 68.4 Å². The second-order valence-electron chi connectivity index (χ2n) is 16.9. The van der Waals surface area contributed by atoms with Crippen molar-refractivity contribution in [3.8, 4) is 23.0 Å². The third kappa shape index (κ3) is 15.7. The van der Waals surface area contributed by atoms with Crippen molar-refractivity contribution < 1.29 is 84.6 Å². The summed E-state index contributed by atoms with van der Waals surface area (Å²) in [4.78, 5) is 82.7. The van der Waals surface area contributed by atoms with Gasteiger partial charge in [-0.15, -0.1) is 0 Å². The van der Waals surface area contributed by atoms with Crippen LogP contribution < -0.4 is 24.3 Å². The fraction of sp³-hybridized carbons (Fsp3) is 0.440. The Balaban J connectivity index is 0.000000380. The number of carbonyl (C=O) groups is 6. The highest BCUT2D eigenvalue weighted by Crippen LogP contribution is 2.37. The van der Waals surface area contributed by atoms with E-state index < -0.39 is 109 Å². The average molecular weight is 1020 g/mol. The van der Waals surface area contributed by atoms with Crippen molar-refractivity contribution in [3.05, 3.63) is 107 Å². The maximum Gasteiger partial charge on any atom is 0.328 e. The predicted molar refractivity (Wildman–Crippen MR) is 249 cm³/mol. The van der Waals surface area contributed by atoms with Gasteiger partial charge in [-0.1, -0.05) is 39.8 Å². The summed E-state index contributed by atoms with van der Waals surface area (Å²) in [5, 5.41) is 12.3. The van der Waals surface area contributed by atoms with Gasteiger partial charge in [0.25, 0.3) is 11.8 Å². The van der Waals surface area contributed by atoms with Crippen molar-refractivity contribution in [3.63, 3.8) is 0 Å². The second kappa shape index (κ2) is 27.2. The van der Waals surface area contributed by atoms with Gasteiger partial charge in [0.05, 0.1) is 14.2 Å². The quantitative estimate of drug-likeness (QED) is 0.0332. The molecule has 4 rings (SSSR count). The maximum absolute atomic E-state index is 14.8. The molecule has 392 valence electrons. The molecule has 0 spiro atoms. The van der Waals surface area contributed by atoms with E-state index in [4.69, 9.17) is 33.2 Å². The van der Waals surface area contributed by atoms with Crippen LogP contribution in [0.2, 0.25) is 0 Å². The van der Waals surface area contributed by atoms with Crippen molar-refractivity contribution >= 4 is 35.7 Å². The number of nitrogens with zero attached hydrogens (tertiary/aromatic N) is 3. The summed E-state index contributed by atoms with van der Waals surface area (Å²) in [6.07, 6.45) is 1.80. The Hall–Kier alpha value is -7.52. The number of hydrogen-bond acceptors (Lipinski definition) is 15. The minimum absolute atomic E-state index is 0.0839. The summed E-state index contributed by atoms with van der Waals surface area (Å²) < 4.78 is 92.4. The fourth-order valence-electron chi connectivity index (χ4n) is 7.80. The first-order valence-corrected chi connectivity index (χ1v) is 22.4. The van der Waals surface area contributed by atoms with Crippen LogP contribution in [-0.4, -0.2) is 108 Å². The Labute approximate surface area is 414 Å². The van der Waals surface area contributed by atoms with E-state index in [1.54, 1.807) is 27.7 Å². The molecule has 6 atom stereocenters. The van der Waals surface area contributed by atoms with E-state index in [0.29, 0.717) is 0 Å². The van der Waals surface area contributed by atoms with Gasteiger partial charge in [-0.05, 0) is 62.8 Å². The van der Waals surface area contributed by atoms with Crippen LogP contribution in [0.1, 0.15) is 113 Å². The van der Waals surface area contributed by atoms with Crippen molar-refractivity contribution in [2.24, 2.45) is 11.8 Å². The number of carboxylic acids is 1. The molecule has 2 aromatic carbocycles. The molecule has 0 bridgehead atoms. The number of aromatic nitrogens is 2. The first-order chi connectivity index (χ1) is 33.9. The molecule has 0 saturated carbocycles. The number of carboxylic acid groups (broad SMARTS) is 1. The van der Waals surface area contributed by atoms with E-state index in [1.807, 2.05) is 13.8 Å². The predicted octanol–water partition coefficient (Wildman–Crippen LogP) is 7.77. The molecule has 0 radical (unpaired) electrons. The lowest BCUT2D eigenvalue weighted by Crippen LogP contribution is -2.51. The molecule has 4 aromatic rings. The summed E-state index contributed by atoms with van der Waals surface area (Å²) in [6.45, 7) is 14.5. The number of pyridine rings is 2. The maximum atomic E-state index is 14.8. The van der Waals surface area contributed by atoms with E-state index in [2.05, 4.69) is 15.3 Å². The Morgan fingerprint density at radius 2 is 1.10 bits per heavy atom. The van der Waals surface area contributed by atoms with E-state index in [0.717, 1.165) is 29.2 Å². The molecule has 22 heteroatoms. The third-order valence-corrected chi connectivity index (χ3v) is 11.1. The molecular weight excluding hydrogens is 957 g/mol. The average Bonchev–Trinajstić information content (AvgIpc) is 3.30. The molecule has 2 N–H and O–H groups in total. The molecule has 0 fully saturated rings. The number of esters is 3. The van der Waals surface area contributed by atoms with E-state index >= 15 is 0 Å². The highest BCUT2D eigenvalue weighted by atomic mass is 19.1. The molecular formula is C50H60F4N4O14. The molecule has 2 aromatic heterocycles. The van der Waals surface area contributed by atoms with Crippen LogP contribution in [0.5, 0.6) is 23.0 Å². The number of ether oxygens (including phenoxy) is 7. The number of carbonyl (C=O) groups excluding carboxylic acids is 5. The van der Waals surface area contributed by atoms with Gasteiger partial charge in [0.1, 0.15) is 41.5 Å². The second-order valence-corrected chi connectivity index (χ2v) is 16.9. The Morgan fingerprint density at radius 1 is 0.653 bits per heavy atom. The smallest absolute Gasteiger partial charge is 0.328 e. The van der Waals surface area contributed by atoms with Gasteiger partial charge in [0.15, 0.2) is 34.4 Å². The van der Waals surface area contributed by atoms with E-state index in [-0.39, 0.29) is 57.3 Å². The number of methoxy groups -OCH3 is 2. The summed E-state index contributed by atoms with van der Waals surface area (Å²) in [5.41, 5.74) is -0.135. The molecule has 0 aliphatic rings. The Bertz CT molecular complexity index is 2550. The molecule has 0 aliphatic carbocycles. The Morgan fingerprint density at radius 3 is 1.51 bits per heavy atom. The normalized spacial score (nSPS) is 13.4. The highest BCUT2D eigenvalue weighted by molar-refractivity contribution is 5.99. The van der Waals surface area contributed by atoms with Gasteiger partial charge in [-0.3, -0.25) is 19.2 Å². The van der Waals surface area contributed by atoms with Gasteiger partial charge in [0.2, 0.25) is 13.6 Å². The number of benzene rings is 2. The number of amides is 2. The van der Waals surface area contributed by atoms with Crippen molar-refractivity contribution in [1.29, 1.82) is 0 Å². The first kappa shape index (κ1) is 58.8. The van der Waals surface area contributed by atoms with E-state index in [1.165, 1.54) is 78.6 Å². The lowest BCUT2D eigenvalue weighted by atomic mass is 9.81. The Kier molecular flexibility index (Phi) is 22.2. The third-order valence-electron chi connectivity index (χ3n) is 11.1. The van der Waals surface area contributed by atoms with Crippen LogP contribution in [0, 0.1) is 35.1 Å². The summed E-state index contributed by atoms with van der Waals surface area (Å²) in [5.74, 6) is -9.54. The van der Waals surface area contributed by atoms with Crippen LogP contribution in [0.15, 0.2) is 60.9 Å². The van der Waals surface area contributed by atoms with Crippen molar-refractivity contribution in [1.82, 2.24) is 20.2 Å². The zero-order chi connectivity index (χ0) is 54.1. The zero-order valence-corrected chi connectivity index (χ0v) is 41.9. The number of hydrogen-bond donors (Lipinski definition) is 2. The van der Waals surface area contributed by atoms with Crippen LogP contribution in [0.25, 0.3) is 0 Å². The lowest BCUT2D eigenvalue weighted by Gasteiger charge is -2.39. The summed E-state index contributed by atoms with van der Waals surface area (Å²) in [7, 11) is 2.68. The standard InChI is InChI=1S/2C25H30F2N2O7/c1-13(2)21(18-8-7-17(26)11-19(18)27)15(4)36-25(32)14(3)29-24(31)22-23(35-12-34-16(5)30)20(33-6)9-10-28-22;1-13(2)21(18-8-7-17(26)11-19(18)27)14(3)29(15(4)25(32)33)24(31)22-23(36-12-35-16(5)30)20(34-6)9-10-28-22/h7-11,13-15,21H,12H2,1-6H3,(H,29,31);7-11,13-15,21H,12H2,1-6H3,(H,32,33)/t14-,15-,21+;14?,15-,21+/m00/s1. The van der Waals surface area contributed by atoms with Crippen LogP contribution in [0.4, 0.5) is 17.6 Å². The monoisotopic (exact) mass is 1020 g/mol. The molecule has 18 nitrogen and oxygen atoms in total. The van der Waals surface area contributed by atoms with Crippen LogP contribution in [0.3, 0.4) is 0 Å². The number of rotatable bonds is 22. The van der Waals surface area contributed by atoms with Gasteiger partial charge in [-0.2, -0.15) is 0 Å². The molecule has 2 amide bonds. The van der Waals surface area contributed by atoms with Crippen LogP contribution >= 0.6 is 0 Å². The van der Waals surface area contributed by atoms with E-state index in [9.17, 15) is 51.4 Å². The highest BCUT2D eigenvalue weighted by Gasteiger charge is 2.40. The number of aliphatic carboxylic acids is 1. The lowest BCUT2D eigenvalue weighted by molar-refractivity contribution is -0.152. The molecule has 72 heavy (non-hydrogen) atoms. The van der Waals surface area contributed by atoms with Crippen molar-refractivity contribution in [2.45, 2.75) is 105 Å². The largest absolute Gasteiger partial charge is 0.493 e. The zero-order valence-electron chi connectivity index (χ0n) is 41.9. The SMILES string of the molecule is COc1ccnc(C(=O)N(C(C)[C@H](c2ccc(F)cc2F)C(C)C)[C@@H](C)C(=O)O)c1OCOC(C)=O.COc1ccnc(C(=O)N[C@@H](C)C(=O)O[C@@H](C)[C@H](c2ccc(F)cc2F)C(C)C)c1OCOC(C)=O. The summed E-state index contributed by atoms with van der Waals surface area (Å²) in [6, 6.07) is 5.92. The first-order valence-electron chi connectivity index (χ1n) is 22.4. The molecule has 2 heterocycles. The molecule has 1 unspecified atom stereocenters. The van der Waals surface area contributed by atoms with Gasteiger partial charge in [-0.25, -0.2) is 37.1 Å². The topological polar surface area (TPSA) is 228 Å². The number of halogens is 4. The van der Waals surface area contributed by atoms with Crippen LogP contribution in [-0.2, 0) is 33.4 Å². The number of nitrogens with one attached hydrogen (secondary N) is 1. The molecule has 0 aliphatic heterocycles. The van der Waals surface area contributed by atoms with Gasteiger partial charge >= 0.3 is 23.9 Å². The minimum atomic E-state index is -1.36. The van der Waals surface area contributed by atoms with Crippen molar-refractivity contribution in [2.75, 3.05) is 27.8 Å².